The van der Waals surface area contributed by atoms with Crippen molar-refractivity contribution in [3.8, 4) is 0 Å². The van der Waals surface area contributed by atoms with Crippen LogP contribution in [-0.4, -0.2) is 18.7 Å². The molecule has 0 aromatic rings. The maximum Gasteiger partial charge on any atom is 0.146 e. The van der Waals surface area contributed by atoms with Gasteiger partial charge in [0.05, 0.1) is 0 Å². The predicted molar refractivity (Wildman–Crippen MR) is 48.5 cm³/mol. The van der Waals surface area contributed by atoms with Crippen LogP contribution >= 0.6 is 12.6 Å². The zero-order valence-electron chi connectivity index (χ0n) is 6.92. The monoisotopic (exact) mass is 163 g/mol. The Balaban J connectivity index is 0. The van der Waals surface area contributed by atoms with Crippen molar-refractivity contribution in [1.29, 1.82) is 0 Å². The lowest BCUT2D eigenvalue weighted by Gasteiger charge is -1.93. The van der Waals surface area contributed by atoms with E-state index in [1.165, 1.54) is 12.8 Å². The number of likely N-dealkylation sites (N-methyl/N-ethyl adjacent to an activating group) is 1. The molecular weight excluding hydrogens is 146 g/mol. The van der Waals surface area contributed by atoms with Gasteiger partial charge in [-0.15, -0.1) is 0 Å². The molecule has 0 aliphatic heterocycles. The van der Waals surface area contributed by atoms with Crippen molar-refractivity contribution < 1.29 is 4.79 Å². The second-order valence-electron chi connectivity index (χ2n) is 1.87. The van der Waals surface area contributed by atoms with Gasteiger partial charge in [0.2, 0.25) is 0 Å². The van der Waals surface area contributed by atoms with E-state index in [9.17, 15) is 4.79 Å². The molecule has 2 nitrogen and oxygen atoms in total. The molecule has 3 heteroatoms. The molecule has 1 N–H and O–H groups in total. The standard InChI is InChI=1S/C4H10.C3H7NOS/c1-3-4-2;1-4-3(6)2-5/h3-4H2,1-2H3;2-4,6H,1H3. The minimum atomic E-state index is -0.301. The van der Waals surface area contributed by atoms with E-state index in [1.807, 2.05) is 0 Å². The Labute approximate surface area is 68.8 Å². The van der Waals surface area contributed by atoms with Crippen LogP contribution in [-0.2, 0) is 4.79 Å². The highest BCUT2D eigenvalue weighted by atomic mass is 32.1. The summed E-state index contributed by atoms with van der Waals surface area (Å²) >= 11 is 3.75. The number of carbonyl (C=O) groups excluding carboxylic acids is 1. The lowest BCUT2D eigenvalue weighted by Crippen LogP contribution is -2.19. The first-order chi connectivity index (χ1) is 4.72. The number of carbonyl (C=O) groups is 1. The molecule has 1 unspecified atom stereocenters. The van der Waals surface area contributed by atoms with E-state index >= 15 is 0 Å². The van der Waals surface area contributed by atoms with E-state index in [0.29, 0.717) is 0 Å². The van der Waals surface area contributed by atoms with Gasteiger partial charge >= 0.3 is 0 Å². The smallest absolute Gasteiger partial charge is 0.146 e. The van der Waals surface area contributed by atoms with Gasteiger partial charge in [-0.25, -0.2) is 0 Å². The zero-order chi connectivity index (χ0) is 8.41. The summed E-state index contributed by atoms with van der Waals surface area (Å²) in [6, 6.07) is 0. The fraction of sp³-hybridized carbons (Fsp3) is 0.857. The zero-order valence-corrected chi connectivity index (χ0v) is 7.82. The normalized spacial score (nSPS) is 11.2. The van der Waals surface area contributed by atoms with E-state index in [4.69, 9.17) is 0 Å². The summed E-state index contributed by atoms with van der Waals surface area (Å²) in [6.07, 6.45) is 3.36. The van der Waals surface area contributed by atoms with Crippen molar-refractivity contribution in [3.63, 3.8) is 0 Å². The van der Waals surface area contributed by atoms with Gasteiger partial charge in [0.15, 0.2) is 0 Å². The minimum Gasteiger partial charge on any atom is -0.303 e. The lowest BCUT2D eigenvalue weighted by atomic mass is 10.4. The highest BCUT2D eigenvalue weighted by molar-refractivity contribution is 7.81. The van der Waals surface area contributed by atoms with E-state index in [-0.39, 0.29) is 5.37 Å². The Kier molecular flexibility index (Phi) is 14.8. The number of nitrogens with one attached hydrogen (secondary N) is 1. The maximum atomic E-state index is 9.60. The fourth-order valence-corrected chi connectivity index (χ4v) is 0.0680. The average molecular weight is 163 g/mol. The molecular formula is C7H17NOS. The van der Waals surface area contributed by atoms with Gasteiger partial charge in [-0.3, -0.25) is 0 Å². The SMILES string of the molecule is CCCC.CNC(S)C=O. The summed E-state index contributed by atoms with van der Waals surface area (Å²) in [6.45, 7) is 4.36. The molecule has 0 radical (unpaired) electrons. The van der Waals surface area contributed by atoms with Crippen LogP contribution in [0.4, 0.5) is 0 Å². The van der Waals surface area contributed by atoms with Crippen LogP contribution in [0, 0.1) is 0 Å². The first kappa shape index (κ1) is 12.6. The number of aldehydes is 1. The van der Waals surface area contributed by atoms with E-state index in [1.54, 1.807) is 7.05 Å². The molecule has 10 heavy (non-hydrogen) atoms. The van der Waals surface area contributed by atoms with E-state index in [0.717, 1.165) is 6.29 Å². The Hall–Kier alpha value is -0.0200. The number of hydrogen-bond acceptors (Lipinski definition) is 3. The Morgan fingerprint density at radius 3 is 1.90 bits per heavy atom. The van der Waals surface area contributed by atoms with Crippen molar-refractivity contribution in [1.82, 2.24) is 5.32 Å². The summed E-state index contributed by atoms with van der Waals surface area (Å²) in [5.74, 6) is 0. The molecule has 0 fully saturated rings. The van der Waals surface area contributed by atoms with E-state index in [2.05, 4.69) is 31.8 Å². The number of rotatable bonds is 3. The summed E-state index contributed by atoms with van der Waals surface area (Å²) in [5.41, 5.74) is 0. The van der Waals surface area contributed by atoms with Gasteiger partial charge in [0.25, 0.3) is 0 Å². The maximum absolute atomic E-state index is 9.60. The van der Waals surface area contributed by atoms with Crippen LogP contribution in [0.15, 0.2) is 0 Å². The van der Waals surface area contributed by atoms with Gasteiger partial charge in [-0.05, 0) is 7.05 Å². The van der Waals surface area contributed by atoms with Crippen LogP contribution < -0.4 is 5.32 Å². The molecule has 0 saturated carbocycles. The Morgan fingerprint density at radius 2 is 1.90 bits per heavy atom. The van der Waals surface area contributed by atoms with Crippen LogP contribution in [0.2, 0.25) is 0 Å². The molecule has 62 valence electrons. The topological polar surface area (TPSA) is 29.1 Å². The third kappa shape index (κ3) is 15.7. The van der Waals surface area contributed by atoms with Crippen molar-refractivity contribution in [3.05, 3.63) is 0 Å². The second kappa shape index (κ2) is 11.7. The summed E-state index contributed by atoms with van der Waals surface area (Å²) in [4.78, 5) is 9.60. The minimum absolute atomic E-state index is 0.301. The third-order valence-corrected chi connectivity index (χ3v) is 1.30. The first-order valence-corrected chi connectivity index (χ1v) is 4.05. The predicted octanol–water partition coefficient (Wildman–Crippen LogP) is 1.47. The third-order valence-electron chi connectivity index (χ3n) is 0.925. The molecule has 0 rings (SSSR count). The van der Waals surface area contributed by atoms with Crippen LogP contribution in [0.25, 0.3) is 0 Å². The van der Waals surface area contributed by atoms with Gasteiger partial charge in [0.1, 0.15) is 11.7 Å². The molecule has 0 saturated heterocycles. The molecule has 0 aliphatic rings. The summed E-state index contributed by atoms with van der Waals surface area (Å²) in [5, 5.41) is 2.31. The largest absolute Gasteiger partial charge is 0.303 e. The molecule has 0 bridgehead atoms. The van der Waals surface area contributed by atoms with Crippen LogP contribution in [0.1, 0.15) is 26.7 Å². The molecule has 0 spiro atoms. The first-order valence-electron chi connectivity index (χ1n) is 3.53. The summed E-state index contributed by atoms with van der Waals surface area (Å²) in [7, 11) is 1.67. The molecule has 0 aliphatic carbocycles. The van der Waals surface area contributed by atoms with Crippen molar-refractivity contribution in [2.24, 2.45) is 0 Å². The molecule has 0 amide bonds. The second-order valence-corrected chi connectivity index (χ2v) is 2.43. The Bertz CT molecular complexity index is 66.6. The fourth-order valence-electron chi connectivity index (χ4n) is 0.0680. The van der Waals surface area contributed by atoms with Gasteiger partial charge in [-0.2, -0.15) is 12.6 Å². The highest BCUT2D eigenvalue weighted by Crippen LogP contribution is 1.77. The van der Waals surface area contributed by atoms with Gasteiger partial charge < -0.3 is 10.1 Å². The number of hydrogen-bond donors (Lipinski definition) is 2. The van der Waals surface area contributed by atoms with Gasteiger partial charge in [0, 0.05) is 0 Å². The van der Waals surface area contributed by atoms with Gasteiger partial charge in [-0.1, -0.05) is 26.7 Å². The average Bonchev–Trinajstić information content (AvgIpc) is 2.03. The van der Waals surface area contributed by atoms with Crippen LogP contribution in [0.3, 0.4) is 0 Å². The van der Waals surface area contributed by atoms with Crippen molar-refractivity contribution in [2.75, 3.05) is 7.05 Å². The molecule has 0 aromatic heterocycles. The lowest BCUT2D eigenvalue weighted by molar-refractivity contribution is -0.107. The number of thiol groups is 1. The van der Waals surface area contributed by atoms with E-state index < -0.39 is 0 Å². The number of unbranched alkanes of at least 4 members (excludes halogenated alkanes) is 1. The summed E-state index contributed by atoms with van der Waals surface area (Å²) < 4.78 is 0. The Morgan fingerprint density at radius 1 is 1.50 bits per heavy atom. The highest BCUT2D eigenvalue weighted by Gasteiger charge is 1.88. The van der Waals surface area contributed by atoms with Crippen molar-refractivity contribution >= 4 is 18.9 Å². The van der Waals surface area contributed by atoms with Crippen molar-refractivity contribution in [2.45, 2.75) is 32.1 Å². The molecule has 0 aromatic carbocycles. The quantitative estimate of drug-likeness (QED) is 0.375. The van der Waals surface area contributed by atoms with Crippen LogP contribution in [0.5, 0.6) is 0 Å². The molecule has 0 heterocycles. The molecule has 1 atom stereocenters.